The molecule has 1 aromatic carbocycles. The zero-order chi connectivity index (χ0) is 22.4. The largest absolute Gasteiger partial charge is 0.416 e. The van der Waals surface area contributed by atoms with E-state index in [1.165, 1.54) is 4.31 Å². The highest BCUT2D eigenvalue weighted by Crippen LogP contribution is 2.32. The van der Waals surface area contributed by atoms with Gasteiger partial charge in [-0.25, -0.2) is 8.42 Å². The van der Waals surface area contributed by atoms with E-state index in [1.54, 1.807) is 6.92 Å². The lowest BCUT2D eigenvalue weighted by molar-refractivity contribution is -0.137. The van der Waals surface area contributed by atoms with E-state index in [4.69, 9.17) is 4.74 Å². The fraction of sp³-hybridized carbons (Fsp3) is 0.714. The highest BCUT2D eigenvalue weighted by Gasteiger charge is 2.35. The molecule has 0 aromatic heterocycles. The van der Waals surface area contributed by atoms with E-state index in [0.29, 0.717) is 19.4 Å². The third-order valence-corrected chi connectivity index (χ3v) is 7.55. The summed E-state index contributed by atoms with van der Waals surface area (Å²) in [4.78, 5) is 2.04. The molecular weight excluding hydrogens is 417 g/mol. The van der Waals surface area contributed by atoms with Gasteiger partial charge in [-0.1, -0.05) is 6.92 Å². The minimum atomic E-state index is -4.49. The Morgan fingerprint density at radius 3 is 2.13 bits per heavy atom. The maximum absolute atomic E-state index is 13.0. The first-order valence-corrected chi connectivity index (χ1v) is 11.9. The molecule has 0 heterocycles. The van der Waals surface area contributed by atoms with Crippen LogP contribution in [0.3, 0.4) is 0 Å². The second-order valence-corrected chi connectivity index (χ2v) is 9.93. The SMILES string of the molecule is CCN(C1CCC(OCCCCN(C)C)CC1)S(=O)(=O)c1ccc(C(F)(F)F)cc1. The summed E-state index contributed by atoms with van der Waals surface area (Å²) in [5.74, 6) is 0. The molecule has 0 N–H and O–H groups in total. The van der Waals surface area contributed by atoms with E-state index in [9.17, 15) is 21.6 Å². The van der Waals surface area contributed by atoms with Gasteiger partial charge in [-0.15, -0.1) is 0 Å². The molecule has 9 heteroatoms. The van der Waals surface area contributed by atoms with Crippen LogP contribution in [0.25, 0.3) is 0 Å². The molecule has 172 valence electrons. The molecule has 30 heavy (non-hydrogen) atoms. The van der Waals surface area contributed by atoms with Crippen molar-refractivity contribution in [1.82, 2.24) is 9.21 Å². The van der Waals surface area contributed by atoms with Gasteiger partial charge in [0.05, 0.1) is 16.6 Å². The first-order chi connectivity index (χ1) is 14.1. The predicted molar refractivity (Wildman–Crippen MR) is 111 cm³/mol. The molecule has 0 aliphatic heterocycles. The van der Waals surface area contributed by atoms with Crippen LogP contribution < -0.4 is 0 Å². The first kappa shape index (κ1) is 25.1. The molecular formula is C21H33F3N2O3S. The number of benzene rings is 1. The molecule has 1 aliphatic rings. The van der Waals surface area contributed by atoms with Gasteiger partial charge in [0, 0.05) is 19.2 Å². The van der Waals surface area contributed by atoms with Crippen molar-refractivity contribution >= 4 is 10.0 Å². The summed E-state index contributed by atoms with van der Waals surface area (Å²) < 4.78 is 71.7. The van der Waals surface area contributed by atoms with Crippen LogP contribution in [0.4, 0.5) is 13.2 Å². The Hall–Kier alpha value is -1.16. The number of ether oxygens (including phenoxy) is 1. The van der Waals surface area contributed by atoms with Crippen molar-refractivity contribution in [3.63, 3.8) is 0 Å². The first-order valence-electron chi connectivity index (χ1n) is 10.5. The lowest BCUT2D eigenvalue weighted by Crippen LogP contribution is -2.43. The van der Waals surface area contributed by atoms with Crippen LogP contribution in [0.15, 0.2) is 29.2 Å². The van der Waals surface area contributed by atoms with Crippen LogP contribution in [0.5, 0.6) is 0 Å². The molecule has 0 bridgehead atoms. The highest BCUT2D eigenvalue weighted by molar-refractivity contribution is 7.89. The monoisotopic (exact) mass is 450 g/mol. The Bertz CT molecular complexity index is 744. The van der Waals surface area contributed by atoms with Crippen molar-refractivity contribution in [3.8, 4) is 0 Å². The van der Waals surface area contributed by atoms with Crippen molar-refractivity contribution in [1.29, 1.82) is 0 Å². The number of hydrogen-bond acceptors (Lipinski definition) is 4. The van der Waals surface area contributed by atoms with E-state index in [0.717, 1.165) is 56.5 Å². The van der Waals surface area contributed by atoms with E-state index >= 15 is 0 Å². The van der Waals surface area contributed by atoms with Crippen molar-refractivity contribution in [2.24, 2.45) is 0 Å². The maximum atomic E-state index is 13.0. The molecule has 0 radical (unpaired) electrons. The Kier molecular flexibility index (Phi) is 9.14. The second kappa shape index (κ2) is 10.9. The van der Waals surface area contributed by atoms with Gasteiger partial charge in [-0.05, 0) is 83.4 Å². The van der Waals surface area contributed by atoms with Crippen LogP contribution in [0.1, 0.15) is 51.0 Å². The molecule has 1 fully saturated rings. The zero-order valence-electron chi connectivity index (χ0n) is 18.0. The van der Waals surface area contributed by atoms with Gasteiger partial charge in [0.15, 0.2) is 0 Å². The summed E-state index contributed by atoms with van der Waals surface area (Å²) in [6.07, 6.45) is 0.699. The smallest absolute Gasteiger partial charge is 0.378 e. The van der Waals surface area contributed by atoms with E-state index in [2.05, 4.69) is 4.90 Å². The summed E-state index contributed by atoms with van der Waals surface area (Å²) in [5.41, 5.74) is -0.854. The molecule has 0 unspecified atom stereocenters. The Morgan fingerprint density at radius 2 is 1.63 bits per heavy atom. The molecule has 0 amide bonds. The molecule has 0 atom stereocenters. The fourth-order valence-electron chi connectivity index (χ4n) is 3.86. The molecule has 2 rings (SSSR count). The predicted octanol–water partition coefficient (Wildman–Crippen LogP) is 4.39. The average Bonchev–Trinajstić information content (AvgIpc) is 2.68. The van der Waals surface area contributed by atoms with E-state index < -0.39 is 21.8 Å². The third kappa shape index (κ3) is 6.93. The number of halogens is 3. The van der Waals surface area contributed by atoms with Crippen molar-refractivity contribution in [3.05, 3.63) is 29.8 Å². The van der Waals surface area contributed by atoms with Crippen LogP contribution in [-0.2, 0) is 20.9 Å². The van der Waals surface area contributed by atoms with Gasteiger partial charge in [0.25, 0.3) is 0 Å². The maximum Gasteiger partial charge on any atom is 0.416 e. The summed E-state index contributed by atoms with van der Waals surface area (Å²) >= 11 is 0. The summed E-state index contributed by atoms with van der Waals surface area (Å²) in [6, 6.07) is 3.58. The summed E-state index contributed by atoms with van der Waals surface area (Å²) in [5, 5.41) is 0. The fourth-order valence-corrected chi connectivity index (χ4v) is 5.55. The van der Waals surface area contributed by atoms with Gasteiger partial charge in [0.2, 0.25) is 10.0 Å². The number of unbranched alkanes of at least 4 members (excludes halogenated alkanes) is 1. The van der Waals surface area contributed by atoms with Crippen LogP contribution >= 0.6 is 0 Å². The normalized spacial score (nSPS) is 20.8. The number of sulfonamides is 1. The Labute approximate surface area is 178 Å². The topological polar surface area (TPSA) is 49.9 Å². The van der Waals surface area contributed by atoms with Crippen molar-refractivity contribution in [2.45, 2.75) is 68.7 Å². The lowest BCUT2D eigenvalue weighted by atomic mass is 9.93. The molecule has 1 aliphatic carbocycles. The van der Waals surface area contributed by atoms with Gasteiger partial charge < -0.3 is 9.64 Å². The third-order valence-electron chi connectivity index (χ3n) is 5.50. The highest BCUT2D eigenvalue weighted by atomic mass is 32.2. The van der Waals surface area contributed by atoms with Crippen LogP contribution in [0.2, 0.25) is 0 Å². The number of rotatable bonds is 10. The molecule has 0 saturated heterocycles. The molecule has 1 saturated carbocycles. The quantitative estimate of drug-likeness (QED) is 0.496. The van der Waals surface area contributed by atoms with Crippen LogP contribution in [-0.4, -0.2) is 63.6 Å². The van der Waals surface area contributed by atoms with Gasteiger partial charge in [-0.2, -0.15) is 17.5 Å². The standard InChI is InChI=1S/C21H33F3N2O3S/c1-4-26(30(27,28)20-13-7-17(8-14-20)21(22,23)24)18-9-11-19(12-10-18)29-16-6-5-15-25(2)3/h7-8,13-14,18-19H,4-6,9-12,15-16H2,1-3H3. The zero-order valence-corrected chi connectivity index (χ0v) is 18.8. The molecule has 1 aromatic rings. The van der Waals surface area contributed by atoms with Gasteiger partial charge >= 0.3 is 6.18 Å². The molecule has 5 nitrogen and oxygen atoms in total. The number of nitrogens with zero attached hydrogens (tertiary/aromatic N) is 2. The minimum Gasteiger partial charge on any atom is -0.378 e. The average molecular weight is 451 g/mol. The Morgan fingerprint density at radius 1 is 1.03 bits per heavy atom. The van der Waals surface area contributed by atoms with Crippen molar-refractivity contribution in [2.75, 3.05) is 33.8 Å². The van der Waals surface area contributed by atoms with E-state index in [1.807, 2.05) is 14.1 Å². The minimum absolute atomic E-state index is 0.100. The van der Waals surface area contributed by atoms with Gasteiger partial charge in [0.1, 0.15) is 0 Å². The Balaban J connectivity index is 1.91. The number of alkyl halides is 3. The van der Waals surface area contributed by atoms with Crippen LogP contribution in [0, 0.1) is 0 Å². The van der Waals surface area contributed by atoms with Gasteiger partial charge in [-0.3, -0.25) is 0 Å². The van der Waals surface area contributed by atoms with Crippen molar-refractivity contribution < 1.29 is 26.3 Å². The lowest BCUT2D eigenvalue weighted by Gasteiger charge is -2.35. The molecule has 0 spiro atoms. The summed E-state index contributed by atoms with van der Waals surface area (Å²) in [6.45, 7) is 3.78. The second-order valence-electron chi connectivity index (χ2n) is 8.04. The summed E-state index contributed by atoms with van der Waals surface area (Å²) in [7, 11) is 0.242. The number of hydrogen-bond donors (Lipinski definition) is 0. The van der Waals surface area contributed by atoms with E-state index in [-0.39, 0.29) is 23.6 Å².